The molecule has 0 saturated heterocycles. The van der Waals surface area contributed by atoms with Crippen molar-refractivity contribution in [1.29, 1.82) is 0 Å². The first-order chi connectivity index (χ1) is 9.67. The Morgan fingerprint density at radius 2 is 2.20 bits per heavy atom. The van der Waals surface area contributed by atoms with Gasteiger partial charge in [0.25, 0.3) is 0 Å². The predicted octanol–water partition coefficient (Wildman–Crippen LogP) is 3.47. The fourth-order valence-electron chi connectivity index (χ4n) is 2.60. The molecule has 1 fully saturated rings. The number of hydrogen-bond acceptors (Lipinski definition) is 3. The van der Waals surface area contributed by atoms with Crippen LogP contribution in [0, 0.1) is 0 Å². The van der Waals surface area contributed by atoms with Crippen molar-refractivity contribution in [1.82, 2.24) is 5.32 Å². The Morgan fingerprint density at radius 3 is 2.80 bits per heavy atom. The second-order valence-corrected chi connectivity index (χ2v) is 6.44. The summed E-state index contributed by atoms with van der Waals surface area (Å²) in [5.74, 6) is 0. The highest BCUT2D eigenvalue weighted by Gasteiger charge is 2.30. The third-order valence-corrected chi connectivity index (χ3v) is 4.29. The standard InChI is InChI=1S/C16H25BrN2O/c1-3-8-18-12(2)15-7-4-13(17)11-16(15)19(9-10-20)14-5-6-14/h4,7,11-12,14,18,20H,3,5-6,8-10H2,1-2H3. The smallest absolute Gasteiger partial charge is 0.0606 e. The van der Waals surface area contributed by atoms with E-state index in [0.29, 0.717) is 18.6 Å². The van der Waals surface area contributed by atoms with Crippen molar-refractivity contribution in [2.75, 3.05) is 24.6 Å². The number of halogens is 1. The van der Waals surface area contributed by atoms with Crippen LogP contribution in [-0.4, -0.2) is 30.8 Å². The number of nitrogens with one attached hydrogen (secondary N) is 1. The number of aliphatic hydroxyl groups is 1. The minimum absolute atomic E-state index is 0.208. The molecule has 0 spiro atoms. The van der Waals surface area contributed by atoms with Crippen LogP contribution >= 0.6 is 15.9 Å². The van der Waals surface area contributed by atoms with Crippen LogP contribution in [-0.2, 0) is 0 Å². The lowest BCUT2D eigenvalue weighted by atomic mass is 10.0. The molecule has 0 radical (unpaired) electrons. The Kier molecular flexibility index (Phi) is 5.87. The minimum Gasteiger partial charge on any atom is -0.395 e. The van der Waals surface area contributed by atoms with E-state index in [9.17, 15) is 5.11 Å². The maximum atomic E-state index is 9.35. The first-order valence-electron chi connectivity index (χ1n) is 7.57. The van der Waals surface area contributed by atoms with Crippen molar-refractivity contribution in [3.8, 4) is 0 Å². The van der Waals surface area contributed by atoms with Crippen LogP contribution in [0.25, 0.3) is 0 Å². The van der Waals surface area contributed by atoms with Crippen LogP contribution in [0.3, 0.4) is 0 Å². The van der Waals surface area contributed by atoms with Gasteiger partial charge in [0.2, 0.25) is 0 Å². The molecule has 1 aromatic carbocycles. The van der Waals surface area contributed by atoms with Crippen molar-refractivity contribution in [3.05, 3.63) is 28.2 Å². The molecule has 2 N–H and O–H groups in total. The minimum atomic E-state index is 0.208. The van der Waals surface area contributed by atoms with E-state index in [2.05, 4.69) is 58.2 Å². The fraction of sp³-hybridized carbons (Fsp3) is 0.625. The van der Waals surface area contributed by atoms with E-state index in [1.54, 1.807) is 0 Å². The maximum Gasteiger partial charge on any atom is 0.0606 e. The van der Waals surface area contributed by atoms with E-state index in [1.165, 1.54) is 24.1 Å². The van der Waals surface area contributed by atoms with Gasteiger partial charge in [0, 0.05) is 28.8 Å². The molecule has 20 heavy (non-hydrogen) atoms. The van der Waals surface area contributed by atoms with Crippen LogP contribution in [0.2, 0.25) is 0 Å². The first kappa shape index (κ1) is 15.8. The molecule has 1 aromatic rings. The lowest BCUT2D eigenvalue weighted by Crippen LogP contribution is -2.31. The number of rotatable bonds is 8. The molecule has 0 aromatic heterocycles. The van der Waals surface area contributed by atoms with Gasteiger partial charge in [0.15, 0.2) is 0 Å². The molecule has 0 heterocycles. The molecule has 0 bridgehead atoms. The van der Waals surface area contributed by atoms with Crippen molar-refractivity contribution >= 4 is 21.6 Å². The SMILES string of the molecule is CCCNC(C)c1ccc(Br)cc1N(CCO)C1CC1. The predicted molar refractivity (Wildman–Crippen MR) is 88.3 cm³/mol. The van der Waals surface area contributed by atoms with Crippen LogP contribution in [0.1, 0.15) is 44.7 Å². The highest BCUT2D eigenvalue weighted by atomic mass is 79.9. The van der Waals surface area contributed by atoms with E-state index in [4.69, 9.17) is 0 Å². The van der Waals surface area contributed by atoms with Crippen molar-refractivity contribution in [3.63, 3.8) is 0 Å². The van der Waals surface area contributed by atoms with Crippen LogP contribution in [0.15, 0.2) is 22.7 Å². The normalized spacial score (nSPS) is 16.2. The van der Waals surface area contributed by atoms with Crippen molar-refractivity contribution in [2.45, 2.75) is 45.2 Å². The van der Waals surface area contributed by atoms with Gasteiger partial charge in [0.1, 0.15) is 0 Å². The maximum absolute atomic E-state index is 9.35. The van der Waals surface area contributed by atoms with E-state index in [0.717, 1.165) is 17.4 Å². The first-order valence-corrected chi connectivity index (χ1v) is 8.37. The van der Waals surface area contributed by atoms with Gasteiger partial charge in [0.05, 0.1) is 6.61 Å². The van der Waals surface area contributed by atoms with Crippen LogP contribution in [0.5, 0.6) is 0 Å². The summed E-state index contributed by atoms with van der Waals surface area (Å²) in [4.78, 5) is 2.37. The molecule has 2 rings (SSSR count). The Labute approximate surface area is 130 Å². The third-order valence-electron chi connectivity index (χ3n) is 3.80. The molecule has 1 aliphatic carbocycles. The molecule has 112 valence electrons. The number of nitrogens with zero attached hydrogens (tertiary/aromatic N) is 1. The Bertz CT molecular complexity index is 434. The summed E-state index contributed by atoms with van der Waals surface area (Å²) >= 11 is 3.58. The zero-order valence-electron chi connectivity index (χ0n) is 12.4. The third kappa shape index (κ3) is 3.96. The number of anilines is 1. The van der Waals surface area contributed by atoms with E-state index in [-0.39, 0.29) is 6.61 Å². The van der Waals surface area contributed by atoms with Gasteiger partial charge >= 0.3 is 0 Å². The van der Waals surface area contributed by atoms with Gasteiger partial charge in [-0.15, -0.1) is 0 Å². The summed E-state index contributed by atoms with van der Waals surface area (Å²) in [5.41, 5.74) is 2.58. The van der Waals surface area contributed by atoms with E-state index >= 15 is 0 Å². The molecule has 4 heteroatoms. The quantitative estimate of drug-likeness (QED) is 0.760. The molecule has 0 aliphatic heterocycles. The lowest BCUT2D eigenvalue weighted by molar-refractivity contribution is 0.301. The van der Waals surface area contributed by atoms with Gasteiger partial charge in [-0.1, -0.05) is 28.9 Å². The largest absolute Gasteiger partial charge is 0.395 e. The van der Waals surface area contributed by atoms with Crippen molar-refractivity contribution in [2.24, 2.45) is 0 Å². The van der Waals surface area contributed by atoms with Gasteiger partial charge < -0.3 is 15.3 Å². The highest BCUT2D eigenvalue weighted by Crippen LogP contribution is 2.37. The summed E-state index contributed by atoms with van der Waals surface area (Å²) < 4.78 is 1.10. The zero-order valence-corrected chi connectivity index (χ0v) is 14.0. The van der Waals surface area contributed by atoms with Crippen LogP contribution in [0.4, 0.5) is 5.69 Å². The lowest BCUT2D eigenvalue weighted by Gasteiger charge is -2.29. The summed E-state index contributed by atoms with van der Waals surface area (Å²) in [7, 11) is 0. The average Bonchev–Trinajstić information content (AvgIpc) is 3.26. The van der Waals surface area contributed by atoms with E-state index in [1.807, 2.05) is 0 Å². The van der Waals surface area contributed by atoms with Gasteiger partial charge in [-0.25, -0.2) is 0 Å². The molecule has 1 aliphatic rings. The highest BCUT2D eigenvalue weighted by molar-refractivity contribution is 9.10. The van der Waals surface area contributed by atoms with Gasteiger partial charge in [-0.2, -0.15) is 0 Å². The van der Waals surface area contributed by atoms with E-state index < -0.39 is 0 Å². The Morgan fingerprint density at radius 1 is 1.45 bits per heavy atom. The number of aliphatic hydroxyl groups excluding tert-OH is 1. The summed E-state index contributed by atoms with van der Waals surface area (Å²) in [6.07, 6.45) is 3.62. The molecular weight excluding hydrogens is 316 g/mol. The second kappa shape index (κ2) is 7.43. The second-order valence-electron chi connectivity index (χ2n) is 5.53. The number of benzene rings is 1. The molecule has 1 saturated carbocycles. The Balaban J connectivity index is 2.26. The van der Waals surface area contributed by atoms with Gasteiger partial charge in [-0.05, 0) is 50.4 Å². The van der Waals surface area contributed by atoms with Crippen LogP contribution < -0.4 is 10.2 Å². The summed E-state index contributed by atoms with van der Waals surface area (Å²) in [6, 6.07) is 7.42. The molecule has 3 nitrogen and oxygen atoms in total. The molecular formula is C16H25BrN2O. The molecule has 1 atom stereocenters. The van der Waals surface area contributed by atoms with Gasteiger partial charge in [-0.3, -0.25) is 0 Å². The summed E-state index contributed by atoms with van der Waals surface area (Å²) in [6.45, 7) is 6.35. The molecule has 1 unspecified atom stereocenters. The Hall–Kier alpha value is -0.580. The average molecular weight is 341 g/mol. The summed E-state index contributed by atoms with van der Waals surface area (Å²) in [5, 5.41) is 12.9. The van der Waals surface area contributed by atoms with Crippen molar-refractivity contribution < 1.29 is 5.11 Å². The molecule has 0 amide bonds. The fourth-order valence-corrected chi connectivity index (χ4v) is 2.95. The monoisotopic (exact) mass is 340 g/mol. The topological polar surface area (TPSA) is 35.5 Å². The number of hydrogen-bond donors (Lipinski definition) is 2. The zero-order chi connectivity index (χ0) is 14.5.